The van der Waals surface area contributed by atoms with Crippen molar-refractivity contribution >= 4 is 0 Å². The molecule has 0 amide bonds. The summed E-state index contributed by atoms with van der Waals surface area (Å²) in [5.41, 5.74) is 8.77. The summed E-state index contributed by atoms with van der Waals surface area (Å²) in [5.74, 6) is 0. The summed E-state index contributed by atoms with van der Waals surface area (Å²) in [7, 11) is 0. The molecular formula is C12H17NO. The van der Waals surface area contributed by atoms with E-state index in [0.29, 0.717) is 6.61 Å². The predicted octanol–water partition coefficient (Wildman–Crippen LogP) is 1.66. The third kappa shape index (κ3) is 1.97. The van der Waals surface area contributed by atoms with Gasteiger partial charge in [-0.25, -0.2) is 0 Å². The molecule has 2 N–H and O–H groups in total. The van der Waals surface area contributed by atoms with Gasteiger partial charge in [-0.2, -0.15) is 0 Å². The molecule has 0 saturated carbocycles. The molecule has 1 aliphatic heterocycles. The molecular weight excluding hydrogens is 174 g/mol. The molecule has 1 unspecified atom stereocenters. The highest BCUT2D eigenvalue weighted by Gasteiger charge is 2.30. The maximum atomic E-state index is 6.23. The number of ether oxygens (including phenoxy) is 1. The Balaban J connectivity index is 2.14. The summed E-state index contributed by atoms with van der Waals surface area (Å²) in [5, 5.41) is 0. The first-order valence-corrected chi connectivity index (χ1v) is 5.11. The smallest absolute Gasteiger partial charge is 0.0650 e. The second kappa shape index (κ2) is 3.71. The molecule has 2 nitrogen and oxygen atoms in total. The molecule has 0 bridgehead atoms. The van der Waals surface area contributed by atoms with Crippen molar-refractivity contribution in [3.05, 3.63) is 35.4 Å². The van der Waals surface area contributed by atoms with Crippen molar-refractivity contribution in [1.29, 1.82) is 0 Å². The fourth-order valence-corrected chi connectivity index (χ4v) is 1.95. The Bertz CT molecular complexity index is 316. The minimum atomic E-state index is -0.133. The fourth-order valence-electron chi connectivity index (χ4n) is 1.95. The molecule has 2 heteroatoms. The van der Waals surface area contributed by atoms with Crippen molar-refractivity contribution in [3.63, 3.8) is 0 Å². The molecule has 1 heterocycles. The molecule has 1 saturated heterocycles. The summed E-state index contributed by atoms with van der Waals surface area (Å²) in [6.07, 6.45) is 1.90. The molecule has 2 rings (SSSR count). The third-order valence-electron chi connectivity index (χ3n) is 2.94. The van der Waals surface area contributed by atoms with E-state index in [0.717, 1.165) is 19.4 Å². The normalized spacial score (nSPS) is 26.7. The van der Waals surface area contributed by atoms with Crippen molar-refractivity contribution < 1.29 is 4.74 Å². The second-order valence-corrected chi connectivity index (χ2v) is 4.27. The highest BCUT2D eigenvalue weighted by atomic mass is 16.5. The molecule has 1 aromatic carbocycles. The van der Waals surface area contributed by atoms with Gasteiger partial charge in [0.1, 0.15) is 0 Å². The first-order valence-electron chi connectivity index (χ1n) is 5.11. The molecule has 0 aromatic heterocycles. The lowest BCUT2D eigenvalue weighted by molar-refractivity contribution is 0.178. The standard InChI is InChI=1S/C12H17NO/c1-10-4-2-3-5-11(10)8-12(13)6-7-14-9-12/h2-5H,6-9,13H2,1H3. The van der Waals surface area contributed by atoms with Gasteiger partial charge in [-0.3, -0.25) is 0 Å². The Morgan fingerprint density at radius 1 is 1.43 bits per heavy atom. The van der Waals surface area contributed by atoms with Crippen molar-refractivity contribution in [1.82, 2.24) is 0 Å². The number of hydrogen-bond donors (Lipinski definition) is 1. The summed E-state index contributed by atoms with van der Waals surface area (Å²) in [6.45, 7) is 3.64. The fraction of sp³-hybridized carbons (Fsp3) is 0.500. The quantitative estimate of drug-likeness (QED) is 0.771. The van der Waals surface area contributed by atoms with E-state index in [-0.39, 0.29) is 5.54 Å². The average Bonchev–Trinajstić information content (AvgIpc) is 2.57. The number of benzene rings is 1. The van der Waals surface area contributed by atoms with Gasteiger partial charge in [0.25, 0.3) is 0 Å². The largest absolute Gasteiger partial charge is 0.379 e. The maximum Gasteiger partial charge on any atom is 0.0650 e. The first kappa shape index (κ1) is 9.69. The van der Waals surface area contributed by atoms with Gasteiger partial charge in [0.05, 0.1) is 6.61 Å². The summed E-state index contributed by atoms with van der Waals surface area (Å²) in [6, 6.07) is 8.42. The van der Waals surface area contributed by atoms with Crippen molar-refractivity contribution in [2.75, 3.05) is 13.2 Å². The Kier molecular flexibility index (Phi) is 2.57. The van der Waals surface area contributed by atoms with E-state index < -0.39 is 0 Å². The first-order chi connectivity index (χ1) is 6.70. The monoisotopic (exact) mass is 191 g/mol. The zero-order valence-electron chi connectivity index (χ0n) is 8.62. The molecule has 1 fully saturated rings. The van der Waals surface area contributed by atoms with Crippen LogP contribution < -0.4 is 5.73 Å². The zero-order valence-corrected chi connectivity index (χ0v) is 8.62. The van der Waals surface area contributed by atoms with Crippen LogP contribution in [-0.2, 0) is 11.2 Å². The van der Waals surface area contributed by atoms with Crippen LogP contribution in [0.2, 0.25) is 0 Å². The summed E-state index contributed by atoms with van der Waals surface area (Å²) < 4.78 is 5.35. The predicted molar refractivity (Wildman–Crippen MR) is 57.2 cm³/mol. The van der Waals surface area contributed by atoms with Gasteiger partial charge in [-0.05, 0) is 30.9 Å². The van der Waals surface area contributed by atoms with E-state index in [1.807, 2.05) is 0 Å². The number of hydrogen-bond acceptors (Lipinski definition) is 2. The average molecular weight is 191 g/mol. The van der Waals surface area contributed by atoms with Gasteiger partial charge in [0.15, 0.2) is 0 Å². The Labute approximate surface area is 85.1 Å². The molecule has 14 heavy (non-hydrogen) atoms. The van der Waals surface area contributed by atoms with Crippen LogP contribution in [0.15, 0.2) is 24.3 Å². The van der Waals surface area contributed by atoms with Gasteiger partial charge in [0.2, 0.25) is 0 Å². The van der Waals surface area contributed by atoms with Crippen LogP contribution in [0.3, 0.4) is 0 Å². The number of rotatable bonds is 2. The van der Waals surface area contributed by atoms with Gasteiger partial charge in [-0.15, -0.1) is 0 Å². The van der Waals surface area contributed by atoms with Crippen LogP contribution in [0.1, 0.15) is 17.5 Å². The van der Waals surface area contributed by atoms with Gasteiger partial charge in [-0.1, -0.05) is 24.3 Å². The molecule has 1 aromatic rings. The zero-order chi connectivity index (χ0) is 10.0. The Morgan fingerprint density at radius 2 is 2.21 bits per heavy atom. The maximum absolute atomic E-state index is 6.23. The number of nitrogens with two attached hydrogens (primary N) is 1. The van der Waals surface area contributed by atoms with Crippen LogP contribution >= 0.6 is 0 Å². The third-order valence-corrected chi connectivity index (χ3v) is 2.94. The van der Waals surface area contributed by atoms with E-state index in [1.165, 1.54) is 11.1 Å². The van der Waals surface area contributed by atoms with Crippen LogP contribution in [0, 0.1) is 6.92 Å². The van der Waals surface area contributed by atoms with E-state index in [1.54, 1.807) is 0 Å². The lowest BCUT2D eigenvalue weighted by Crippen LogP contribution is -2.42. The lowest BCUT2D eigenvalue weighted by Gasteiger charge is -2.22. The van der Waals surface area contributed by atoms with E-state index in [2.05, 4.69) is 31.2 Å². The van der Waals surface area contributed by atoms with Crippen LogP contribution in [0.25, 0.3) is 0 Å². The Hall–Kier alpha value is -0.860. The molecule has 0 aliphatic carbocycles. The second-order valence-electron chi connectivity index (χ2n) is 4.27. The topological polar surface area (TPSA) is 35.2 Å². The van der Waals surface area contributed by atoms with E-state index in [4.69, 9.17) is 10.5 Å². The van der Waals surface area contributed by atoms with Gasteiger partial charge < -0.3 is 10.5 Å². The molecule has 1 atom stereocenters. The van der Waals surface area contributed by atoms with E-state index >= 15 is 0 Å². The minimum absolute atomic E-state index is 0.133. The lowest BCUT2D eigenvalue weighted by atomic mass is 9.89. The van der Waals surface area contributed by atoms with Crippen molar-refractivity contribution in [2.24, 2.45) is 5.73 Å². The number of aryl methyl sites for hydroxylation is 1. The molecule has 0 radical (unpaired) electrons. The SMILES string of the molecule is Cc1ccccc1CC1(N)CCOC1. The van der Waals surface area contributed by atoms with Crippen molar-refractivity contribution in [2.45, 2.75) is 25.3 Å². The van der Waals surface area contributed by atoms with Gasteiger partial charge in [0, 0.05) is 12.1 Å². The van der Waals surface area contributed by atoms with Gasteiger partial charge >= 0.3 is 0 Å². The Morgan fingerprint density at radius 3 is 2.86 bits per heavy atom. The van der Waals surface area contributed by atoms with E-state index in [9.17, 15) is 0 Å². The molecule has 0 spiro atoms. The summed E-state index contributed by atoms with van der Waals surface area (Å²) in [4.78, 5) is 0. The van der Waals surface area contributed by atoms with Crippen molar-refractivity contribution in [3.8, 4) is 0 Å². The summed E-state index contributed by atoms with van der Waals surface area (Å²) >= 11 is 0. The highest BCUT2D eigenvalue weighted by molar-refractivity contribution is 5.27. The van der Waals surface area contributed by atoms with Crippen LogP contribution in [0.4, 0.5) is 0 Å². The molecule has 1 aliphatic rings. The minimum Gasteiger partial charge on any atom is -0.379 e. The molecule has 76 valence electrons. The highest BCUT2D eigenvalue weighted by Crippen LogP contribution is 2.22. The van der Waals surface area contributed by atoms with Crippen LogP contribution in [0.5, 0.6) is 0 Å². The van der Waals surface area contributed by atoms with Crippen LogP contribution in [-0.4, -0.2) is 18.8 Å².